The minimum Gasteiger partial charge on any atom is -0.497 e. The lowest BCUT2D eigenvalue weighted by atomic mass is 10.0. The predicted octanol–water partition coefficient (Wildman–Crippen LogP) is 3.05. The van der Waals surface area contributed by atoms with Crippen molar-refractivity contribution in [1.29, 1.82) is 0 Å². The van der Waals surface area contributed by atoms with Crippen LogP contribution in [0.25, 0.3) is 0 Å². The summed E-state index contributed by atoms with van der Waals surface area (Å²) >= 11 is 0. The zero-order chi connectivity index (χ0) is 19.1. The van der Waals surface area contributed by atoms with Crippen LogP contribution in [0.2, 0.25) is 0 Å². The number of rotatable bonds is 6. The van der Waals surface area contributed by atoms with E-state index in [-0.39, 0.29) is 17.9 Å². The molecule has 1 aliphatic rings. The number of hydrogen-bond acceptors (Lipinski definition) is 3. The minimum atomic E-state index is 0.0164. The van der Waals surface area contributed by atoms with Gasteiger partial charge in [-0.25, -0.2) is 0 Å². The molecule has 2 aromatic rings. The Bertz CT molecular complexity index is 768. The molecule has 1 heterocycles. The van der Waals surface area contributed by atoms with Crippen LogP contribution in [0.4, 0.5) is 0 Å². The van der Waals surface area contributed by atoms with E-state index in [1.807, 2.05) is 53.4 Å². The molecule has 0 aromatic heterocycles. The first kappa shape index (κ1) is 19.0. The van der Waals surface area contributed by atoms with Gasteiger partial charge in [0.15, 0.2) is 0 Å². The van der Waals surface area contributed by atoms with E-state index < -0.39 is 0 Å². The Hall–Kier alpha value is -2.82. The molecule has 0 bridgehead atoms. The molecule has 0 unspecified atom stereocenters. The van der Waals surface area contributed by atoms with E-state index in [2.05, 4.69) is 5.32 Å². The molecule has 2 aromatic carbocycles. The van der Waals surface area contributed by atoms with E-state index in [9.17, 15) is 9.59 Å². The Morgan fingerprint density at radius 3 is 2.52 bits per heavy atom. The molecular formula is C22H26N2O3. The molecule has 142 valence electrons. The summed E-state index contributed by atoms with van der Waals surface area (Å²) in [7, 11) is 1.59. The lowest BCUT2D eigenvalue weighted by molar-refractivity contribution is -0.122. The summed E-state index contributed by atoms with van der Waals surface area (Å²) < 4.78 is 5.19. The largest absolute Gasteiger partial charge is 0.497 e. The highest BCUT2D eigenvalue weighted by molar-refractivity contribution is 5.94. The molecule has 0 atom stereocenters. The fourth-order valence-corrected chi connectivity index (χ4v) is 3.37. The van der Waals surface area contributed by atoms with E-state index in [1.54, 1.807) is 13.2 Å². The Balaban J connectivity index is 1.44. The smallest absolute Gasteiger partial charge is 0.253 e. The monoisotopic (exact) mass is 366 g/mol. The van der Waals surface area contributed by atoms with Crippen LogP contribution >= 0.6 is 0 Å². The van der Waals surface area contributed by atoms with E-state index in [0.717, 1.165) is 19.3 Å². The number of benzene rings is 2. The maximum atomic E-state index is 12.6. The van der Waals surface area contributed by atoms with Crippen molar-refractivity contribution in [1.82, 2.24) is 10.2 Å². The van der Waals surface area contributed by atoms with Crippen LogP contribution in [0.1, 0.15) is 35.2 Å². The van der Waals surface area contributed by atoms with Gasteiger partial charge in [-0.15, -0.1) is 0 Å². The number of nitrogens with zero attached hydrogens (tertiary/aromatic N) is 1. The third-order valence-corrected chi connectivity index (χ3v) is 4.95. The van der Waals surface area contributed by atoms with Crippen molar-refractivity contribution in [3.8, 4) is 5.75 Å². The van der Waals surface area contributed by atoms with Crippen molar-refractivity contribution in [2.24, 2.45) is 0 Å². The van der Waals surface area contributed by atoms with E-state index >= 15 is 0 Å². The van der Waals surface area contributed by atoms with Gasteiger partial charge in [-0.3, -0.25) is 9.59 Å². The number of methoxy groups -OCH3 is 1. The lowest BCUT2D eigenvalue weighted by Crippen LogP contribution is -2.46. The Kier molecular flexibility index (Phi) is 6.47. The summed E-state index contributed by atoms with van der Waals surface area (Å²) in [5, 5.41) is 3.11. The van der Waals surface area contributed by atoms with Crippen LogP contribution in [0.3, 0.4) is 0 Å². The van der Waals surface area contributed by atoms with Gasteiger partial charge in [-0.05, 0) is 43.0 Å². The molecule has 0 radical (unpaired) electrons. The van der Waals surface area contributed by atoms with Crippen LogP contribution in [0.5, 0.6) is 5.75 Å². The van der Waals surface area contributed by atoms with Gasteiger partial charge in [-0.1, -0.05) is 36.4 Å². The second-order valence-corrected chi connectivity index (χ2v) is 6.85. The van der Waals surface area contributed by atoms with Crippen molar-refractivity contribution in [3.63, 3.8) is 0 Å². The first-order chi connectivity index (χ1) is 13.2. The van der Waals surface area contributed by atoms with Gasteiger partial charge in [0.1, 0.15) is 5.75 Å². The zero-order valence-corrected chi connectivity index (χ0v) is 15.7. The standard InChI is InChI=1S/C22H26N2O3/c1-27-20-9-5-8-18(16-20)22(26)24-14-12-19(13-15-24)23-21(25)11-10-17-6-3-2-4-7-17/h2-9,16,19H,10-15H2,1H3,(H,23,25). The molecule has 5 nitrogen and oxygen atoms in total. The lowest BCUT2D eigenvalue weighted by Gasteiger charge is -2.32. The predicted molar refractivity (Wildman–Crippen MR) is 105 cm³/mol. The number of ether oxygens (including phenoxy) is 1. The third kappa shape index (κ3) is 5.33. The van der Waals surface area contributed by atoms with Crippen LogP contribution < -0.4 is 10.1 Å². The normalized spacial score (nSPS) is 14.6. The second-order valence-electron chi connectivity index (χ2n) is 6.85. The molecular weight excluding hydrogens is 340 g/mol. The van der Waals surface area contributed by atoms with Gasteiger partial charge in [-0.2, -0.15) is 0 Å². The number of amides is 2. The molecule has 1 fully saturated rings. The topological polar surface area (TPSA) is 58.6 Å². The van der Waals surface area contributed by atoms with E-state index in [4.69, 9.17) is 4.74 Å². The first-order valence-corrected chi connectivity index (χ1v) is 9.42. The molecule has 1 N–H and O–H groups in total. The molecule has 27 heavy (non-hydrogen) atoms. The minimum absolute atomic E-state index is 0.0164. The highest BCUT2D eigenvalue weighted by Gasteiger charge is 2.24. The highest BCUT2D eigenvalue weighted by Crippen LogP contribution is 2.18. The Morgan fingerprint density at radius 1 is 1.07 bits per heavy atom. The number of piperidine rings is 1. The average Bonchev–Trinajstić information content (AvgIpc) is 2.73. The van der Waals surface area contributed by atoms with Gasteiger partial charge >= 0.3 is 0 Å². The SMILES string of the molecule is COc1cccc(C(=O)N2CCC(NC(=O)CCc3ccccc3)CC2)c1. The number of carbonyl (C=O) groups excluding carboxylic acids is 2. The molecule has 3 rings (SSSR count). The van der Waals surface area contributed by atoms with Gasteiger partial charge in [0.05, 0.1) is 7.11 Å². The maximum Gasteiger partial charge on any atom is 0.253 e. The van der Waals surface area contributed by atoms with Crippen LogP contribution in [0.15, 0.2) is 54.6 Å². The second kappa shape index (κ2) is 9.21. The molecule has 5 heteroatoms. The molecule has 0 spiro atoms. The Morgan fingerprint density at radius 2 is 1.81 bits per heavy atom. The van der Waals surface area contributed by atoms with Crippen molar-refractivity contribution in [2.45, 2.75) is 31.7 Å². The number of carbonyl (C=O) groups is 2. The summed E-state index contributed by atoms with van der Waals surface area (Å²) in [6, 6.07) is 17.4. The number of nitrogens with one attached hydrogen (secondary N) is 1. The van der Waals surface area contributed by atoms with Gasteiger partial charge in [0.25, 0.3) is 5.91 Å². The van der Waals surface area contributed by atoms with Crippen LogP contribution in [-0.2, 0) is 11.2 Å². The van der Waals surface area contributed by atoms with Crippen LogP contribution in [-0.4, -0.2) is 43.0 Å². The number of hydrogen-bond donors (Lipinski definition) is 1. The molecule has 2 amide bonds. The van der Waals surface area contributed by atoms with E-state index in [1.165, 1.54) is 5.56 Å². The summed E-state index contributed by atoms with van der Waals surface area (Å²) in [6.07, 6.45) is 2.81. The Labute approximate surface area is 160 Å². The van der Waals surface area contributed by atoms with Gasteiger partial charge < -0.3 is 15.0 Å². The number of aryl methyl sites for hydroxylation is 1. The first-order valence-electron chi connectivity index (χ1n) is 9.42. The highest BCUT2D eigenvalue weighted by atomic mass is 16.5. The van der Waals surface area contributed by atoms with Crippen molar-refractivity contribution in [2.75, 3.05) is 20.2 Å². The maximum absolute atomic E-state index is 12.6. The van der Waals surface area contributed by atoms with Crippen molar-refractivity contribution >= 4 is 11.8 Å². The molecule has 0 saturated carbocycles. The zero-order valence-electron chi connectivity index (χ0n) is 15.7. The molecule has 0 aliphatic carbocycles. The summed E-state index contributed by atoms with van der Waals surface area (Å²) in [5.74, 6) is 0.778. The van der Waals surface area contributed by atoms with Gasteiger partial charge in [0.2, 0.25) is 5.91 Å². The molecule has 1 saturated heterocycles. The third-order valence-electron chi connectivity index (χ3n) is 4.95. The average molecular weight is 366 g/mol. The number of likely N-dealkylation sites (tertiary alicyclic amines) is 1. The van der Waals surface area contributed by atoms with Gasteiger partial charge in [0, 0.05) is 31.1 Å². The molecule has 1 aliphatic heterocycles. The summed E-state index contributed by atoms with van der Waals surface area (Å²) in [6.45, 7) is 1.30. The fourth-order valence-electron chi connectivity index (χ4n) is 3.37. The summed E-state index contributed by atoms with van der Waals surface area (Å²) in [5.41, 5.74) is 1.81. The quantitative estimate of drug-likeness (QED) is 0.855. The fraction of sp³-hybridized carbons (Fsp3) is 0.364. The van der Waals surface area contributed by atoms with E-state index in [0.29, 0.717) is 30.8 Å². The summed E-state index contributed by atoms with van der Waals surface area (Å²) in [4.78, 5) is 26.7. The van der Waals surface area contributed by atoms with Crippen molar-refractivity contribution in [3.05, 3.63) is 65.7 Å². The van der Waals surface area contributed by atoms with Crippen LogP contribution in [0, 0.1) is 0 Å². The van der Waals surface area contributed by atoms with Crippen molar-refractivity contribution < 1.29 is 14.3 Å².